The van der Waals surface area contributed by atoms with Gasteiger partial charge in [0.1, 0.15) is 28.6 Å². The molecule has 5 N–H and O–H groups in total. The highest BCUT2D eigenvalue weighted by molar-refractivity contribution is 6.01. The Balaban J connectivity index is 1.70. The molecule has 6 heteroatoms. The average molecular weight is 327 g/mol. The lowest BCUT2D eigenvalue weighted by Gasteiger charge is -2.07. The molecule has 0 bridgehead atoms. The molecule has 3 aromatic rings. The molecule has 0 fully saturated rings. The highest BCUT2D eigenvalue weighted by atomic mass is 16.3. The summed E-state index contributed by atoms with van der Waals surface area (Å²) in [6, 6.07) is 7.10. The molecule has 0 radical (unpaired) electrons. The van der Waals surface area contributed by atoms with Crippen LogP contribution in [0, 0.1) is 0 Å². The second kappa shape index (κ2) is 6.16. The van der Waals surface area contributed by atoms with E-state index in [-0.39, 0.29) is 23.5 Å². The summed E-state index contributed by atoms with van der Waals surface area (Å²) in [5.41, 5.74) is 1.71. The Kier molecular flexibility index (Phi) is 4.04. The zero-order valence-corrected chi connectivity index (χ0v) is 12.8. The molecule has 0 aliphatic heterocycles. The van der Waals surface area contributed by atoms with Crippen molar-refractivity contribution in [2.75, 3.05) is 0 Å². The summed E-state index contributed by atoms with van der Waals surface area (Å²) < 4.78 is 0. The molecule has 0 unspecified atom stereocenters. The number of phenols is 4. The average Bonchev–Trinajstić information content (AvgIpc) is 2.88. The minimum Gasteiger partial charge on any atom is -0.508 e. The van der Waals surface area contributed by atoms with Gasteiger partial charge in [0, 0.05) is 35.7 Å². The maximum absolute atomic E-state index is 12.2. The number of hydrogen-bond donors (Lipinski definition) is 5. The van der Waals surface area contributed by atoms with Crippen LogP contribution in [-0.2, 0) is 6.42 Å². The third-order valence-corrected chi connectivity index (χ3v) is 3.96. The normalized spacial score (nSPS) is 11.0. The number of carbonyl (C=O) groups excluding carboxylic acids is 1. The van der Waals surface area contributed by atoms with Crippen molar-refractivity contribution < 1.29 is 25.2 Å². The molecule has 0 spiro atoms. The first kappa shape index (κ1) is 15.7. The van der Waals surface area contributed by atoms with Gasteiger partial charge >= 0.3 is 0 Å². The Morgan fingerprint density at radius 1 is 0.958 bits per heavy atom. The van der Waals surface area contributed by atoms with Crippen molar-refractivity contribution >= 4 is 16.7 Å². The summed E-state index contributed by atoms with van der Waals surface area (Å²) in [5.74, 6) is -1.39. The SMILES string of the molecule is O=C(CCCc1c[nH]c2ccc(O)cc12)c1c(O)cc(O)cc1O. The number of ketones is 1. The van der Waals surface area contributed by atoms with Crippen LogP contribution in [0.15, 0.2) is 36.5 Å². The zero-order chi connectivity index (χ0) is 17.3. The summed E-state index contributed by atoms with van der Waals surface area (Å²) in [6.45, 7) is 0. The summed E-state index contributed by atoms with van der Waals surface area (Å²) in [4.78, 5) is 15.3. The van der Waals surface area contributed by atoms with Crippen molar-refractivity contribution in [2.24, 2.45) is 0 Å². The summed E-state index contributed by atoms with van der Waals surface area (Å²) in [6.07, 6.45) is 3.09. The van der Waals surface area contributed by atoms with Crippen LogP contribution in [0.2, 0.25) is 0 Å². The van der Waals surface area contributed by atoms with Gasteiger partial charge in [0.15, 0.2) is 5.78 Å². The van der Waals surface area contributed by atoms with E-state index in [1.54, 1.807) is 18.2 Å². The van der Waals surface area contributed by atoms with Gasteiger partial charge in [0.2, 0.25) is 0 Å². The van der Waals surface area contributed by atoms with Gasteiger partial charge in [-0.05, 0) is 36.6 Å². The van der Waals surface area contributed by atoms with E-state index in [1.807, 2.05) is 6.20 Å². The van der Waals surface area contributed by atoms with Gasteiger partial charge in [-0.3, -0.25) is 4.79 Å². The van der Waals surface area contributed by atoms with Crippen LogP contribution in [0.3, 0.4) is 0 Å². The smallest absolute Gasteiger partial charge is 0.170 e. The van der Waals surface area contributed by atoms with E-state index in [9.17, 15) is 25.2 Å². The third-order valence-electron chi connectivity index (χ3n) is 3.96. The first-order valence-electron chi connectivity index (χ1n) is 7.53. The Hall–Kier alpha value is -3.15. The minimum absolute atomic E-state index is 0.136. The maximum Gasteiger partial charge on any atom is 0.170 e. The van der Waals surface area contributed by atoms with Crippen LogP contribution < -0.4 is 0 Å². The fraction of sp³-hybridized carbons (Fsp3) is 0.167. The monoisotopic (exact) mass is 327 g/mol. The Morgan fingerprint density at radius 3 is 2.38 bits per heavy atom. The molecule has 0 saturated carbocycles. The Morgan fingerprint density at radius 2 is 1.67 bits per heavy atom. The number of nitrogens with one attached hydrogen (secondary N) is 1. The molecule has 0 saturated heterocycles. The van der Waals surface area contributed by atoms with E-state index in [4.69, 9.17) is 0 Å². The number of aromatic nitrogens is 1. The second-order valence-corrected chi connectivity index (χ2v) is 5.68. The fourth-order valence-electron chi connectivity index (χ4n) is 2.82. The summed E-state index contributed by atoms with van der Waals surface area (Å²) in [7, 11) is 0. The van der Waals surface area contributed by atoms with E-state index in [2.05, 4.69) is 4.98 Å². The quantitative estimate of drug-likeness (QED) is 0.462. The fourth-order valence-corrected chi connectivity index (χ4v) is 2.82. The van der Waals surface area contributed by atoms with Crippen LogP contribution in [0.25, 0.3) is 10.9 Å². The number of benzene rings is 2. The van der Waals surface area contributed by atoms with Crippen molar-refractivity contribution in [2.45, 2.75) is 19.3 Å². The molecular formula is C18H17NO5. The molecule has 0 aliphatic carbocycles. The molecule has 1 aromatic heterocycles. The number of rotatable bonds is 5. The number of aromatic hydroxyl groups is 4. The number of fused-ring (bicyclic) bond motifs is 1. The van der Waals surface area contributed by atoms with Gasteiger partial charge in [-0.15, -0.1) is 0 Å². The van der Waals surface area contributed by atoms with Gasteiger partial charge in [0.25, 0.3) is 0 Å². The molecular weight excluding hydrogens is 310 g/mol. The van der Waals surface area contributed by atoms with Crippen LogP contribution in [0.4, 0.5) is 0 Å². The predicted molar refractivity (Wildman–Crippen MR) is 88.7 cm³/mol. The second-order valence-electron chi connectivity index (χ2n) is 5.68. The molecule has 0 atom stereocenters. The number of aryl methyl sites for hydroxylation is 1. The molecule has 3 rings (SSSR count). The van der Waals surface area contributed by atoms with Crippen LogP contribution >= 0.6 is 0 Å². The molecule has 0 aliphatic rings. The van der Waals surface area contributed by atoms with Gasteiger partial charge in [-0.2, -0.15) is 0 Å². The number of Topliss-reactive ketones (excluding diaryl/α,β-unsaturated/α-hetero) is 1. The minimum atomic E-state index is -0.436. The van der Waals surface area contributed by atoms with Gasteiger partial charge in [-0.25, -0.2) is 0 Å². The first-order chi connectivity index (χ1) is 11.5. The lowest BCUT2D eigenvalue weighted by molar-refractivity contribution is 0.0975. The van der Waals surface area contributed by atoms with Crippen LogP contribution in [-0.4, -0.2) is 31.2 Å². The topological polar surface area (TPSA) is 114 Å². The number of H-pyrrole nitrogens is 1. The highest BCUT2D eigenvalue weighted by Crippen LogP contribution is 2.33. The maximum atomic E-state index is 12.2. The van der Waals surface area contributed by atoms with Crippen molar-refractivity contribution in [3.05, 3.63) is 47.7 Å². The lowest BCUT2D eigenvalue weighted by atomic mass is 10.0. The van der Waals surface area contributed by atoms with E-state index in [0.29, 0.717) is 12.8 Å². The zero-order valence-electron chi connectivity index (χ0n) is 12.8. The van der Waals surface area contributed by atoms with Gasteiger partial charge in [0.05, 0.1) is 0 Å². The van der Waals surface area contributed by atoms with Gasteiger partial charge in [-0.1, -0.05) is 0 Å². The summed E-state index contributed by atoms with van der Waals surface area (Å²) >= 11 is 0. The lowest BCUT2D eigenvalue weighted by Crippen LogP contribution is -2.01. The Bertz CT molecular complexity index is 890. The standard InChI is InChI=1S/C18H17NO5/c20-11-4-5-14-13(6-11)10(9-19-14)2-1-3-15(22)18-16(23)7-12(21)8-17(18)24/h4-9,19-21,23-24H,1-3H2. The highest BCUT2D eigenvalue weighted by Gasteiger charge is 2.17. The molecule has 124 valence electrons. The van der Waals surface area contributed by atoms with Crippen molar-refractivity contribution in [3.63, 3.8) is 0 Å². The largest absolute Gasteiger partial charge is 0.508 e. The number of hydrogen-bond acceptors (Lipinski definition) is 5. The summed E-state index contributed by atoms with van der Waals surface area (Å²) in [5, 5.41) is 39.2. The Labute approximate surface area is 137 Å². The van der Waals surface area contributed by atoms with Crippen LogP contribution in [0.1, 0.15) is 28.8 Å². The predicted octanol–water partition coefficient (Wildman–Crippen LogP) is 3.20. The van der Waals surface area contributed by atoms with E-state index >= 15 is 0 Å². The van der Waals surface area contributed by atoms with E-state index in [0.717, 1.165) is 28.6 Å². The van der Waals surface area contributed by atoms with E-state index < -0.39 is 17.3 Å². The van der Waals surface area contributed by atoms with Gasteiger partial charge < -0.3 is 25.4 Å². The first-order valence-corrected chi connectivity index (χ1v) is 7.53. The molecule has 6 nitrogen and oxygen atoms in total. The number of aromatic amines is 1. The third kappa shape index (κ3) is 2.99. The van der Waals surface area contributed by atoms with E-state index in [1.165, 1.54) is 0 Å². The van der Waals surface area contributed by atoms with Crippen molar-refractivity contribution in [1.29, 1.82) is 0 Å². The number of carbonyl (C=O) groups is 1. The molecule has 2 aromatic carbocycles. The molecule has 0 amide bonds. The molecule has 1 heterocycles. The number of phenolic OH excluding ortho intramolecular Hbond substituents is 4. The van der Waals surface area contributed by atoms with Crippen LogP contribution in [0.5, 0.6) is 23.0 Å². The molecule has 24 heavy (non-hydrogen) atoms. The van der Waals surface area contributed by atoms with Crippen molar-refractivity contribution in [1.82, 2.24) is 4.98 Å². The van der Waals surface area contributed by atoms with Crippen molar-refractivity contribution in [3.8, 4) is 23.0 Å².